The smallest absolute Gasteiger partial charge is 0.334 e. The Morgan fingerprint density at radius 1 is 0.792 bits per heavy atom. The molecule has 2 atom stereocenters. The predicted molar refractivity (Wildman–Crippen MR) is 86.3 cm³/mol. The SMILES string of the molecule is CCC(C(=O)OC)C(=O)C(OC)OC.CCCC(OC)C(=O)OC. The first-order valence-corrected chi connectivity index (χ1v) is 7.65. The van der Waals surface area contributed by atoms with Gasteiger partial charge in [0.05, 0.1) is 14.2 Å². The monoisotopic (exact) mass is 350 g/mol. The molecule has 2 unspecified atom stereocenters. The van der Waals surface area contributed by atoms with E-state index in [0.717, 1.165) is 12.8 Å². The maximum atomic E-state index is 11.6. The highest BCUT2D eigenvalue weighted by molar-refractivity contribution is 6.00. The molecule has 0 bridgehead atoms. The Morgan fingerprint density at radius 3 is 1.58 bits per heavy atom. The Bertz CT molecular complexity index is 365. The number of esters is 2. The second kappa shape index (κ2) is 15.0. The molecule has 0 aliphatic carbocycles. The molecule has 0 heterocycles. The number of hydrogen-bond acceptors (Lipinski definition) is 8. The van der Waals surface area contributed by atoms with Gasteiger partial charge in [-0.1, -0.05) is 20.3 Å². The first kappa shape index (κ1) is 24.7. The average Bonchev–Trinajstić information content (AvgIpc) is 2.60. The van der Waals surface area contributed by atoms with Crippen LogP contribution in [0.15, 0.2) is 0 Å². The normalized spacial score (nSPS) is 12.7. The Balaban J connectivity index is 0. The summed E-state index contributed by atoms with van der Waals surface area (Å²) in [6, 6.07) is 0. The fourth-order valence-corrected chi connectivity index (χ4v) is 1.84. The number of carbonyl (C=O) groups is 3. The second-order valence-corrected chi connectivity index (χ2v) is 4.73. The summed E-state index contributed by atoms with van der Waals surface area (Å²) in [7, 11) is 6.81. The molecule has 8 heteroatoms. The summed E-state index contributed by atoms with van der Waals surface area (Å²) in [5.41, 5.74) is 0. The fraction of sp³-hybridized carbons (Fsp3) is 0.812. The quantitative estimate of drug-likeness (QED) is 0.331. The van der Waals surface area contributed by atoms with Gasteiger partial charge in [-0.2, -0.15) is 0 Å². The molecule has 24 heavy (non-hydrogen) atoms. The zero-order valence-corrected chi connectivity index (χ0v) is 15.6. The van der Waals surface area contributed by atoms with Crippen LogP contribution in [0.1, 0.15) is 33.1 Å². The molecule has 0 fully saturated rings. The Labute approximate surface area is 143 Å². The van der Waals surface area contributed by atoms with Gasteiger partial charge in [0.1, 0.15) is 5.92 Å². The number of hydrogen-bond donors (Lipinski definition) is 0. The minimum Gasteiger partial charge on any atom is -0.468 e. The highest BCUT2D eigenvalue weighted by atomic mass is 16.7. The molecule has 0 aromatic rings. The van der Waals surface area contributed by atoms with E-state index in [9.17, 15) is 14.4 Å². The van der Waals surface area contributed by atoms with Gasteiger partial charge in [0.2, 0.25) is 12.1 Å². The lowest BCUT2D eigenvalue weighted by molar-refractivity contribution is -0.168. The van der Waals surface area contributed by atoms with Gasteiger partial charge in [-0.3, -0.25) is 9.59 Å². The minimum absolute atomic E-state index is 0.288. The Hall–Kier alpha value is -1.51. The van der Waals surface area contributed by atoms with Crippen LogP contribution in [-0.2, 0) is 38.1 Å². The van der Waals surface area contributed by atoms with Crippen LogP contribution in [-0.4, -0.2) is 65.7 Å². The molecular weight excluding hydrogens is 320 g/mol. The van der Waals surface area contributed by atoms with Crippen LogP contribution < -0.4 is 0 Å². The van der Waals surface area contributed by atoms with Gasteiger partial charge < -0.3 is 23.7 Å². The van der Waals surface area contributed by atoms with E-state index in [2.05, 4.69) is 9.47 Å². The van der Waals surface area contributed by atoms with Crippen LogP contribution >= 0.6 is 0 Å². The van der Waals surface area contributed by atoms with Crippen molar-refractivity contribution in [1.82, 2.24) is 0 Å². The third-order valence-electron chi connectivity index (χ3n) is 3.20. The van der Waals surface area contributed by atoms with Gasteiger partial charge in [-0.15, -0.1) is 0 Å². The number of ketones is 1. The molecule has 0 amide bonds. The average molecular weight is 350 g/mol. The van der Waals surface area contributed by atoms with Crippen LogP contribution in [0.5, 0.6) is 0 Å². The zero-order valence-electron chi connectivity index (χ0n) is 15.6. The molecule has 0 saturated carbocycles. The van der Waals surface area contributed by atoms with Crippen LogP contribution in [0.25, 0.3) is 0 Å². The zero-order chi connectivity index (χ0) is 19.1. The summed E-state index contributed by atoms with van der Waals surface area (Å²) in [6.07, 6.45) is 0.639. The standard InChI is InChI=1S/C9H16O5.C7H14O3/c1-5-6(8(11)12-2)7(10)9(13-3)14-4;1-4-5-6(9-2)7(8)10-3/h6,9H,5H2,1-4H3;6H,4-5H2,1-3H3. The van der Waals surface area contributed by atoms with Gasteiger partial charge in [0.15, 0.2) is 6.10 Å². The van der Waals surface area contributed by atoms with Gasteiger partial charge in [0, 0.05) is 21.3 Å². The lowest BCUT2D eigenvalue weighted by Gasteiger charge is -2.17. The van der Waals surface area contributed by atoms with E-state index >= 15 is 0 Å². The van der Waals surface area contributed by atoms with Crippen molar-refractivity contribution >= 4 is 17.7 Å². The molecule has 0 spiro atoms. The first-order chi connectivity index (χ1) is 11.4. The largest absolute Gasteiger partial charge is 0.468 e. The highest BCUT2D eigenvalue weighted by Crippen LogP contribution is 2.11. The molecule has 0 radical (unpaired) electrons. The number of Topliss-reactive ketones (excluding diaryl/α,β-unsaturated/α-hetero) is 1. The summed E-state index contributed by atoms with van der Waals surface area (Å²) in [5, 5.41) is 0. The van der Waals surface area contributed by atoms with Gasteiger partial charge in [-0.25, -0.2) is 4.79 Å². The van der Waals surface area contributed by atoms with Gasteiger partial charge in [-0.05, 0) is 12.8 Å². The number of carbonyl (C=O) groups excluding carboxylic acids is 3. The lowest BCUT2D eigenvalue weighted by Crippen LogP contribution is -2.35. The van der Waals surface area contributed by atoms with E-state index < -0.39 is 24.0 Å². The van der Waals surface area contributed by atoms with Crippen LogP contribution in [0.3, 0.4) is 0 Å². The van der Waals surface area contributed by atoms with Crippen molar-refractivity contribution in [3.05, 3.63) is 0 Å². The molecular formula is C16H30O8. The van der Waals surface area contributed by atoms with E-state index in [1.807, 2.05) is 6.92 Å². The van der Waals surface area contributed by atoms with E-state index in [1.165, 1.54) is 35.5 Å². The molecule has 0 saturated heterocycles. The first-order valence-electron chi connectivity index (χ1n) is 7.65. The number of rotatable bonds is 10. The molecule has 0 aromatic carbocycles. The second-order valence-electron chi connectivity index (χ2n) is 4.73. The molecule has 142 valence electrons. The van der Waals surface area contributed by atoms with Crippen molar-refractivity contribution in [2.24, 2.45) is 5.92 Å². The highest BCUT2D eigenvalue weighted by Gasteiger charge is 2.31. The number of methoxy groups -OCH3 is 5. The van der Waals surface area contributed by atoms with Crippen LogP contribution in [0, 0.1) is 5.92 Å². The van der Waals surface area contributed by atoms with Crippen LogP contribution in [0.2, 0.25) is 0 Å². The van der Waals surface area contributed by atoms with E-state index in [4.69, 9.17) is 14.2 Å². The molecule has 0 rings (SSSR count). The van der Waals surface area contributed by atoms with Crippen molar-refractivity contribution in [1.29, 1.82) is 0 Å². The van der Waals surface area contributed by atoms with Crippen molar-refractivity contribution in [3.8, 4) is 0 Å². The minimum atomic E-state index is -1.00. The van der Waals surface area contributed by atoms with Crippen molar-refractivity contribution < 1.29 is 38.1 Å². The lowest BCUT2D eigenvalue weighted by atomic mass is 10.0. The van der Waals surface area contributed by atoms with E-state index in [0.29, 0.717) is 6.42 Å². The van der Waals surface area contributed by atoms with Gasteiger partial charge >= 0.3 is 11.9 Å². The third-order valence-corrected chi connectivity index (χ3v) is 3.20. The predicted octanol–water partition coefficient (Wildman–Crippen LogP) is 1.35. The van der Waals surface area contributed by atoms with Crippen molar-refractivity contribution in [2.75, 3.05) is 35.5 Å². The summed E-state index contributed by atoms with van der Waals surface area (Å²) in [6.45, 7) is 3.72. The van der Waals surface area contributed by atoms with Crippen molar-refractivity contribution in [3.63, 3.8) is 0 Å². The summed E-state index contributed by atoms with van der Waals surface area (Å²) in [4.78, 5) is 33.5. The third kappa shape index (κ3) is 8.95. The molecule has 8 nitrogen and oxygen atoms in total. The maximum Gasteiger partial charge on any atom is 0.334 e. The maximum absolute atomic E-state index is 11.6. The topological polar surface area (TPSA) is 97.4 Å². The molecule has 0 N–H and O–H groups in total. The summed E-state index contributed by atoms with van der Waals surface area (Å²) >= 11 is 0. The Kier molecular flexibility index (Phi) is 15.5. The van der Waals surface area contributed by atoms with Gasteiger partial charge in [0.25, 0.3) is 0 Å². The van der Waals surface area contributed by atoms with E-state index in [-0.39, 0.29) is 12.1 Å². The molecule has 0 aliphatic rings. The van der Waals surface area contributed by atoms with Crippen molar-refractivity contribution in [2.45, 2.75) is 45.5 Å². The Morgan fingerprint density at radius 2 is 1.29 bits per heavy atom. The number of ether oxygens (including phenoxy) is 5. The van der Waals surface area contributed by atoms with E-state index in [1.54, 1.807) is 6.92 Å². The fourth-order valence-electron chi connectivity index (χ4n) is 1.84. The summed E-state index contributed by atoms with van der Waals surface area (Å²) in [5.74, 6) is -2.07. The van der Waals surface area contributed by atoms with Crippen LogP contribution in [0.4, 0.5) is 0 Å². The molecule has 0 aromatic heterocycles. The molecule has 0 aliphatic heterocycles. The summed E-state index contributed by atoms with van der Waals surface area (Å²) < 4.78 is 23.4.